The summed E-state index contributed by atoms with van der Waals surface area (Å²) in [5, 5.41) is 20.4. The first kappa shape index (κ1) is 25.5. The van der Waals surface area contributed by atoms with Gasteiger partial charge in [-0.15, -0.1) is 0 Å². The topological polar surface area (TPSA) is 135 Å². The van der Waals surface area contributed by atoms with Crippen molar-refractivity contribution in [1.29, 1.82) is 0 Å². The lowest BCUT2D eigenvalue weighted by molar-refractivity contribution is 0.0965. The molecule has 6 rings (SSSR count). The molecule has 0 aromatic carbocycles. The summed E-state index contributed by atoms with van der Waals surface area (Å²) in [7, 11) is 0. The molecule has 0 spiro atoms. The van der Waals surface area contributed by atoms with Gasteiger partial charge in [0, 0.05) is 37.8 Å². The summed E-state index contributed by atoms with van der Waals surface area (Å²) in [6.45, 7) is 0. The third kappa shape index (κ3) is 6.92. The van der Waals surface area contributed by atoms with Gasteiger partial charge < -0.3 is 19.0 Å². The molecule has 0 unspecified atom stereocenters. The Bertz CT molecular complexity index is 1040. The van der Waals surface area contributed by atoms with E-state index < -0.39 is 22.8 Å². The molecule has 2 N–H and O–H groups in total. The number of aryl methyl sites for hydroxylation is 2. The Hall–Kier alpha value is -3.16. The van der Waals surface area contributed by atoms with Crippen molar-refractivity contribution in [3.05, 3.63) is 55.6 Å². The first-order chi connectivity index (χ1) is 16.4. The Kier molecular flexibility index (Phi) is 9.24. The van der Waals surface area contributed by atoms with Crippen LogP contribution in [0.4, 0.5) is 0 Å². The minimum Gasteiger partial charge on any atom is -0.507 e. The maximum absolute atomic E-state index is 12.4. The van der Waals surface area contributed by atoms with Crippen molar-refractivity contribution < 1.29 is 28.6 Å². The minimum absolute atomic E-state index is 0.123. The highest BCUT2D eigenvalue weighted by Crippen LogP contribution is 2.22. The van der Waals surface area contributed by atoms with Crippen LogP contribution >= 0.6 is 0 Å². The fourth-order valence-corrected chi connectivity index (χ4v) is 4.30. The van der Waals surface area contributed by atoms with Crippen LogP contribution in [0, 0.1) is 0 Å². The molecule has 5 heterocycles. The molecule has 4 bridgehead atoms. The molecule has 2 aromatic heterocycles. The van der Waals surface area contributed by atoms with Crippen molar-refractivity contribution in [2.45, 2.75) is 89.9 Å². The Labute approximate surface area is 197 Å². The molecule has 0 fully saturated rings. The molecule has 184 valence electrons. The van der Waals surface area contributed by atoms with E-state index in [4.69, 9.17) is 8.83 Å². The maximum atomic E-state index is 12.4. The van der Waals surface area contributed by atoms with Crippen LogP contribution in [0.2, 0.25) is 0 Å². The second kappa shape index (κ2) is 12.3. The van der Waals surface area contributed by atoms with E-state index in [2.05, 4.69) is 0 Å². The molecule has 0 atom stereocenters. The highest BCUT2D eigenvalue weighted by atomic mass is 16.4. The average Bonchev–Trinajstić information content (AvgIpc) is 2.76. The van der Waals surface area contributed by atoms with Crippen LogP contribution in [0.25, 0.3) is 0 Å². The van der Waals surface area contributed by atoms with Gasteiger partial charge in [0.15, 0.2) is 11.6 Å². The smallest absolute Gasteiger partial charge is 0.350 e. The van der Waals surface area contributed by atoms with E-state index >= 15 is 0 Å². The van der Waals surface area contributed by atoms with Crippen LogP contribution in [0.5, 0.6) is 11.5 Å². The van der Waals surface area contributed by atoms with Crippen LogP contribution in [0.3, 0.4) is 0 Å². The molecule has 0 saturated carbocycles. The number of ketones is 2. The number of carbonyl (C=O) groups excluding carboxylic acids is 2. The highest BCUT2D eigenvalue weighted by molar-refractivity contribution is 5.98. The van der Waals surface area contributed by atoms with Crippen molar-refractivity contribution in [3.8, 4) is 11.5 Å². The van der Waals surface area contributed by atoms with Gasteiger partial charge in [0.25, 0.3) is 0 Å². The van der Waals surface area contributed by atoms with E-state index in [1.165, 1.54) is 12.1 Å². The van der Waals surface area contributed by atoms with Crippen LogP contribution in [-0.2, 0) is 12.8 Å². The first-order valence-corrected chi connectivity index (χ1v) is 12.1. The summed E-state index contributed by atoms with van der Waals surface area (Å²) in [6.07, 6.45) is 8.63. The molecule has 8 heteroatoms. The molecule has 4 aliphatic rings. The standard InChI is InChI=1S/C26H32O8/c27-19-13-9-5-2-6-10-14-20(28)24-22(30)16-18(34-26(24)32)12-8-4-1-3-7-11-17-15-21(29)23(19)25(31)33-17/h15-16,29-30H,1-14H2. The summed E-state index contributed by atoms with van der Waals surface area (Å²) in [5.74, 6) is -0.791. The Balaban J connectivity index is 1.67. The van der Waals surface area contributed by atoms with E-state index in [9.17, 15) is 29.4 Å². The summed E-state index contributed by atoms with van der Waals surface area (Å²) >= 11 is 0. The Morgan fingerprint density at radius 3 is 1.18 bits per heavy atom. The van der Waals surface area contributed by atoms with Gasteiger partial charge in [-0.05, 0) is 25.7 Å². The van der Waals surface area contributed by atoms with Gasteiger partial charge in [-0.25, -0.2) is 9.59 Å². The second-order valence-electron chi connectivity index (χ2n) is 8.90. The third-order valence-electron chi connectivity index (χ3n) is 6.18. The molecule has 8 nitrogen and oxygen atoms in total. The average molecular weight is 473 g/mol. The number of Topliss-reactive ketones (excluding diaryl/α,β-unsaturated/α-hetero) is 2. The number of carbonyl (C=O) groups is 2. The lowest BCUT2D eigenvalue weighted by atomic mass is 10.0. The van der Waals surface area contributed by atoms with E-state index in [1.807, 2.05) is 0 Å². The first-order valence-electron chi connectivity index (χ1n) is 12.1. The van der Waals surface area contributed by atoms with E-state index in [0.717, 1.165) is 38.5 Å². The van der Waals surface area contributed by atoms with Crippen LogP contribution in [0.1, 0.15) is 109 Å². The van der Waals surface area contributed by atoms with Gasteiger partial charge in [0.05, 0.1) is 0 Å². The van der Waals surface area contributed by atoms with Crippen molar-refractivity contribution in [2.75, 3.05) is 0 Å². The molecule has 1 aliphatic carbocycles. The molecule has 2 aromatic rings. The quantitative estimate of drug-likeness (QED) is 0.555. The summed E-state index contributed by atoms with van der Waals surface area (Å²) < 4.78 is 10.5. The van der Waals surface area contributed by atoms with Gasteiger partial charge >= 0.3 is 11.3 Å². The second-order valence-corrected chi connectivity index (χ2v) is 8.90. The zero-order valence-corrected chi connectivity index (χ0v) is 19.4. The fourth-order valence-electron chi connectivity index (χ4n) is 4.30. The van der Waals surface area contributed by atoms with Gasteiger partial charge in [-0.2, -0.15) is 0 Å². The van der Waals surface area contributed by atoms with Gasteiger partial charge in [0.2, 0.25) is 0 Å². The molecule has 0 amide bonds. The van der Waals surface area contributed by atoms with Crippen molar-refractivity contribution in [1.82, 2.24) is 0 Å². The molecule has 0 saturated heterocycles. The van der Waals surface area contributed by atoms with Crippen LogP contribution < -0.4 is 11.3 Å². The molecule has 0 radical (unpaired) electrons. The molecular formula is C26H32O8. The normalized spacial score (nSPS) is 17.5. The van der Waals surface area contributed by atoms with Gasteiger partial charge in [0.1, 0.15) is 34.1 Å². The maximum Gasteiger partial charge on any atom is 0.350 e. The van der Waals surface area contributed by atoms with Crippen LogP contribution in [0.15, 0.2) is 30.6 Å². The Morgan fingerprint density at radius 1 is 0.500 bits per heavy atom. The van der Waals surface area contributed by atoms with E-state index in [-0.39, 0.29) is 35.5 Å². The van der Waals surface area contributed by atoms with E-state index in [1.54, 1.807) is 0 Å². The predicted octanol–water partition coefficient (Wildman–Crippen LogP) is 4.85. The predicted molar refractivity (Wildman–Crippen MR) is 125 cm³/mol. The fraction of sp³-hybridized carbons (Fsp3) is 0.538. The third-order valence-corrected chi connectivity index (χ3v) is 6.18. The monoisotopic (exact) mass is 472 g/mol. The lowest BCUT2D eigenvalue weighted by Gasteiger charge is -2.07. The van der Waals surface area contributed by atoms with Gasteiger partial charge in [-0.1, -0.05) is 38.5 Å². The minimum atomic E-state index is -0.789. The van der Waals surface area contributed by atoms with Gasteiger partial charge in [-0.3, -0.25) is 9.59 Å². The SMILES string of the molecule is O=C1CCCCCCCC(=O)c2c(O)cc(oc2=O)CCCCCCCc2cc(O)c1c(=O)o2. The summed E-state index contributed by atoms with van der Waals surface area (Å²) in [4.78, 5) is 49.3. The van der Waals surface area contributed by atoms with Crippen LogP contribution in [-0.4, -0.2) is 21.8 Å². The lowest BCUT2D eigenvalue weighted by Crippen LogP contribution is -2.15. The zero-order chi connectivity index (χ0) is 24.5. The largest absolute Gasteiger partial charge is 0.507 e. The summed E-state index contributed by atoms with van der Waals surface area (Å²) in [5.41, 5.74) is -2.15. The van der Waals surface area contributed by atoms with Crippen molar-refractivity contribution >= 4 is 11.6 Å². The molecular weight excluding hydrogens is 440 g/mol. The number of hydrogen-bond acceptors (Lipinski definition) is 8. The Morgan fingerprint density at radius 2 is 0.824 bits per heavy atom. The van der Waals surface area contributed by atoms with Crippen molar-refractivity contribution in [3.63, 3.8) is 0 Å². The van der Waals surface area contributed by atoms with E-state index in [0.29, 0.717) is 50.0 Å². The number of rotatable bonds is 0. The van der Waals surface area contributed by atoms with Crippen molar-refractivity contribution in [2.24, 2.45) is 0 Å². The summed E-state index contributed by atoms with van der Waals surface area (Å²) in [6, 6.07) is 2.73. The number of aromatic hydroxyl groups is 2. The highest BCUT2D eigenvalue weighted by Gasteiger charge is 2.20. The zero-order valence-electron chi connectivity index (χ0n) is 19.4. The number of hydrogen-bond donors (Lipinski definition) is 2. The molecule has 3 aliphatic heterocycles. The molecule has 34 heavy (non-hydrogen) atoms.